The summed E-state index contributed by atoms with van der Waals surface area (Å²) in [7, 11) is 1.48. The SMILES string of the molecule is CCCN(CC(=O)O)C(CC(C)(F)CCC)C(=O)NC. The van der Waals surface area contributed by atoms with Crippen molar-refractivity contribution in [2.45, 2.75) is 58.2 Å². The maximum absolute atomic E-state index is 14.4. The van der Waals surface area contributed by atoms with Crippen LogP contribution in [0.4, 0.5) is 4.39 Å². The Morgan fingerprint density at radius 1 is 1.35 bits per heavy atom. The molecule has 0 bridgehead atoms. The Morgan fingerprint density at radius 3 is 2.35 bits per heavy atom. The molecule has 2 N–H and O–H groups in total. The predicted octanol–water partition coefficient (Wildman–Crippen LogP) is 1.82. The highest BCUT2D eigenvalue weighted by Crippen LogP contribution is 2.26. The normalized spacial score (nSPS) is 15.7. The van der Waals surface area contributed by atoms with Gasteiger partial charge in [-0.3, -0.25) is 14.5 Å². The standard InChI is InChI=1S/C14H27FN2O3/c1-5-7-14(3,15)9-11(13(20)16-4)17(8-6-2)10-12(18)19/h11H,5-10H2,1-4H3,(H,16,20)(H,18,19). The van der Waals surface area contributed by atoms with Gasteiger partial charge in [0.25, 0.3) is 0 Å². The molecule has 118 valence electrons. The molecule has 0 fully saturated rings. The molecule has 0 aliphatic heterocycles. The first-order chi connectivity index (χ1) is 9.27. The maximum Gasteiger partial charge on any atom is 0.317 e. The molecule has 1 amide bonds. The molecule has 6 heteroatoms. The minimum atomic E-state index is -1.48. The number of likely N-dealkylation sites (N-methyl/N-ethyl adjacent to an activating group) is 1. The Balaban J connectivity index is 5.08. The van der Waals surface area contributed by atoms with Crippen LogP contribution in [0.15, 0.2) is 0 Å². The molecule has 0 heterocycles. The highest BCUT2D eigenvalue weighted by Gasteiger charge is 2.34. The Labute approximate surface area is 120 Å². The minimum Gasteiger partial charge on any atom is -0.480 e. The van der Waals surface area contributed by atoms with E-state index in [1.807, 2.05) is 13.8 Å². The summed E-state index contributed by atoms with van der Waals surface area (Å²) in [6.45, 7) is 5.45. The van der Waals surface area contributed by atoms with Gasteiger partial charge in [0.1, 0.15) is 5.67 Å². The lowest BCUT2D eigenvalue weighted by molar-refractivity contribution is -0.140. The van der Waals surface area contributed by atoms with Crippen LogP contribution in [0.2, 0.25) is 0 Å². The van der Waals surface area contributed by atoms with Crippen molar-refractivity contribution in [3.8, 4) is 0 Å². The highest BCUT2D eigenvalue weighted by atomic mass is 19.1. The summed E-state index contributed by atoms with van der Waals surface area (Å²) in [6.07, 6.45) is 1.75. The molecular formula is C14H27FN2O3. The summed E-state index contributed by atoms with van der Waals surface area (Å²) in [5, 5.41) is 11.5. The van der Waals surface area contributed by atoms with E-state index >= 15 is 0 Å². The molecule has 0 aromatic heterocycles. The number of carboxylic acids is 1. The summed E-state index contributed by atoms with van der Waals surface area (Å²) in [5.74, 6) is -1.34. The number of carbonyl (C=O) groups excluding carboxylic acids is 1. The zero-order valence-corrected chi connectivity index (χ0v) is 12.9. The second kappa shape index (κ2) is 8.89. The molecule has 0 aromatic rings. The first-order valence-corrected chi connectivity index (χ1v) is 7.13. The third-order valence-electron chi connectivity index (χ3n) is 3.23. The Kier molecular flexibility index (Phi) is 8.37. The first kappa shape index (κ1) is 18.8. The zero-order valence-electron chi connectivity index (χ0n) is 12.9. The van der Waals surface area contributed by atoms with Crippen molar-refractivity contribution in [3.05, 3.63) is 0 Å². The second-order valence-corrected chi connectivity index (χ2v) is 5.36. The Bertz CT molecular complexity index is 322. The van der Waals surface area contributed by atoms with Crippen molar-refractivity contribution in [3.63, 3.8) is 0 Å². The zero-order chi connectivity index (χ0) is 15.8. The molecule has 2 atom stereocenters. The van der Waals surface area contributed by atoms with E-state index in [2.05, 4.69) is 5.32 Å². The van der Waals surface area contributed by atoms with E-state index in [1.54, 1.807) is 0 Å². The van der Waals surface area contributed by atoms with Gasteiger partial charge in [0.05, 0.1) is 12.6 Å². The number of rotatable bonds is 10. The predicted molar refractivity (Wildman–Crippen MR) is 76.4 cm³/mol. The van der Waals surface area contributed by atoms with Gasteiger partial charge in [-0.15, -0.1) is 0 Å². The van der Waals surface area contributed by atoms with Gasteiger partial charge < -0.3 is 10.4 Å². The largest absolute Gasteiger partial charge is 0.480 e. The van der Waals surface area contributed by atoms with Crippen LogP contribution >= 0.6 is 0 Å². The fourth-order valence-electron chi connectivity index (χ4n) is 2.39. The van der Waals surface area contributed by atoms with Crippen LogP contribution in [-0.2, 0) is 9.59 Å². The lowest BCUT2D eigenvalue weighted by Crippen LogP contribution is -2.50. The molecular weight excluding hydrogens is 263 g/mol. The van der Waals surface area contributed by atoms with Gasteiger partial charge in [-0.05, 0) is 26.3 Å². The molecule has 0 radical (unpaired) electrons. The number of carboxylic acid groups (broad SMARTS) is 1. The topological polar surface area (TPSA) is 69.6 Å². The molecule has 0 saturated heterocycles. The van der Waals surface area contributed by atoms with E-state index in [-0.39, 0.29) is 18.9 Å². The number of nitrogens with zero attached hydrogens (tertiary/aromatic N) is 1. The number of carbonyl (C=O) groups is 2. The van der Waals surface area contributed by atoms with E-state index in [1.165, 1.54) is 18.9 Å². The van der Waals surface area contributed by atoms with Crippen molar-refractivity contribution < 1.29 is 19.1 Å². The van der Waals surface area contributed by atoms with Gasteiger partial charge in [0, 0.05) is 13.5 Å². The molecule has 0 spiro atoms. The van der Waals surface area contributed by atoms with Crippen molar-refractivity contribution >= 4 is 11.9 Å². The average Bonchev–Trinajstić information content (AvgIpc) is 2.34. The first-order valence-electron chi connectivity index (χ1n) is 7.13. The lowest BCUT2D eigenvalue weighted by atomic mass is 9.92. The molecule has 0 aliphatic rings. The number of halogens is 1. The van der Waals surface area contributed by atoms with Crippen LogP contribution in [0, 0.1) is 0 Å². The quantitative estimate of drug-likeness (QED) is 0.644. The maximum atomic E-state index is 14.4. The molecule has 0 aromatic carbocycles. The van der Waals surface area contributed by atoms with E-state index in [9.17, 15) is 14.0 Å². The number of alkyl halides is 1. The van der Waals surface area contributed by atoms with Crippen LogP contribution < -0.4 is 5.32 Å². The minimum absolute atomic E-state index is 0.00773. The number of amides is 1. The molecule has 0 aliphatic carbocycles. The second-order valence-electron chi connectivity index (χ2n) is 5.36. The van der Waals surface area contributed by atoms with Gasteiger partial charge in [0.2, 0.25) is 5.91 Å². The molecule has 0 saturated carbocycles. The summed E-state index contributed by atoms with van der Waals surface area (Å²) in [6, 6.07) is -0.752. The van der Waals surface area contributed by atoms with Crippen LogP contribution in [0.1, 0.15) is 46.5 Å². The van der Waals surface area contributed by atoms with E-state index < -0.39 is 17.7 Å². The third-order valence-corrected chi connectivity index (χ3v) is 3.23. The Morgan fingerprint density at radius 2 is 1.95 bits per heavy atom. The van der Waals surface area contributed by atoms with Gasteiger partial charge in [-0.1, -0.05) is 20.3 Å². The van der Waals surface area contributed by atoms with Crippen LogP contribution in [0.25, 0.3) is 0 Å². The van der Waals surface area contributed by atoms with Crippen molar-refractivity contribution in [1.29, 1.82) is 0 Å². The smallest absolute Gasteiger partial charge is 0.317 e. The van der Waals surface area contributed by atoms with E-state index in [4.69, 9.17) is 5.11 Å². The fourth-order valence-corrected chi connectivity index (χ4v) is 2.39. The molecule has 2 unspecified atom stereocenters. The summed E-state index contributed by atoms with van der Waals surface area (Å²) >= 11 is 0. The van der Waals surface area contributed by atoms with E-state index in [0.29, 0.717) is 25.8 Å². The van der Waals surface area contributed by atoms with Gasteiger partial charge in [0.15, 0.2) is 0 Å². The Hall–Kier alpha value is -1.17. The van der Waals surface area contributed by atoms with Crippen molar-refractivity contribution in [2.24, 2.45) is 0 Å². The summed E-state index contributed by atoms with van der Waals surface area (Å²) in [4.78, 5) is 24.4. The van der Waals surface area contributed by atoms with Gasteiger partial charge >= 0.3 is 5.97 Å². The lowest BCUT2D eigenvalue weighted by Gasteiger charge is -2.33. The van der Waals surface area contributed by atoms with Crippen molar-refractivity contribution in [2.75, 3.05) is 20.1 Å². The third kappa shape index (κ3) is 6.84. The van der Waals surface area contributed by atoms with E-state index in [0.717, 1.165) is 0 Å². The monoisotopic (exact) mass is 290 g/mol. The van der Waals surface area contributed by atoms with Gasteiger partial charge in [-0.2, -0.15) is 0 Å². The molecule has 0 rings (SSSR count). The summed E-state index contributed by atoms with van der Waals surface area (Å²) in [5.41, 5.74) is -1.48. The number of aliphatic carboxylic acids is 1. The molecule has 20 heavy (non-hydrogen) atoms. The number of nitrogens with one attached hydrogen (secondary N) is 1. The van der Waals surface area contributed by atoms with Crippen LogP contribution in [0.3, 0.4) is 0 Å². The van der Waals surface area contributed by atoms with Crippen LogP contribution in [0.5, 0.6) is 0 Å². The highest BCUT2D eigenvalue weighted by molar-refractivity contribution is 5.82. The number of hydrogen-bond acceptors (Lipinski definition) is 3. The van der Waals surface area contributed by atoms with Gasteiger partial charge in [-0.25, -0.2) is 4.39 Å². The van der Waals surface area contributed by atoms with Crippen LogP contribution in [-0.4, -0.2) is 53.7 Å². The molecule has 5 nitrogen and oxygen atoms in total. The van der Waals surface area contributed by atoms with Crippen molar-refractivity contribution in [1.82, 2.24) is 10.2 Å². The average molecular weight is 290 g/mol. The number of hydrogen-bond donors (Lipinski definition) is 2. The fraction of sp³-hybridized carbons (Fsp3) is 0.857. The summed E-state index contributed by atoms with van der Waals surface area (Å²) < 4.78 is 14.4.